The molecule has 3 aromatic rings. The van der Waals surface area contributed by atoms with Crippen molar-refractivity contribution in [2.24, 2.45) is 0 Å². The molecule has 0 saturated heterocycles. The van der Waals surface area contributed by atoms with Gasteiger partial charge in [0.25, 0.3) is 6.43 Å². The van der Waals surface area contributed by atoms with Crippen molar-refractivity contribution in [2.75, 3.05) is 5.32 Å². The van der Waals surface area contributed by atoms with Gasteiger partial charge >= 0.3 is 0 Å². The third-order valence-electron chi connectivity index (χ3n) is 3.83. The molecule has 28 heavy (non-hydrogen) atoms. The van der Waals surface area contributed by atoms with Crippen LogP contribution in [0, 0.1) is 6.92 Å². The van der Waals surface area contributed by atoms with Crippen LogP contribution in [0.15, 0.2) is 24.5 Å². The fourth-order valence-corrected chi connectivity index (χ4v) is 3.15. The molecule has 0 aliphatic rings. The molecule has 1 amide bonds. The number of amides is 1. The van der Waals surface area contributed by atoms with Gasteiger partial charge in [0, 0.05) is 15.6 Å². The van der Waals surface area contributed by atoms with Crippen LogP contribution in [-0.2, 0) is 17.9 Å². The maximum atomic E-state index is 12.8. The molecule has 0 saturated carbocycles. The van der Waals surface area contributed by atoms with E-state index in [2.05, 4.69) is 20.5 Å². The first kappa shape index (κ1) is 20.5. The van der Waals surface area contributed by atoms with Crippen LogP contribution < -0.4 is 5.32 Å². The number of hydrogen-bond acceptors (Lipinski definition) is 4. The standard InChI is InChI=1S/C16H13Cl3F2N6O/c1-8-13(19)14(15(20)21)24-27(8)6-12(28)23-16-22-7-26(25-16)5-9-10(17)3-2-4-11(9)18/h2-4,7,15H,5-6H2,1H3,(H,23,25,28). The first-order chi connectivity index (χ1) is 13.3. The Bertz CT molecular complexity index is 1000. The lowest BCUT2D eigenvalue weighted by molar-refractivity contribution is -0.117. The summed E-state index contributed by atoms with van der Waals surface area (Å²) in [7, 11) is 0. The highest BCUT2D eigenvalue weighted by Crippen LogP contribution is 2.28. The molecule has 3 rings (SSSR count). The molecule has 0 radical (unpaired) electrons. The summed E-state index contributed by atoms with van der Waals surface area (Å²) in [6.07, 6.45) is -1.43. The van der Waals surface area contributed by atoms with Gasteiger partial charge in [0.2, 0.25) is 11.9 Å². The van der Waals surface area contributed by atoms with E-state index in [-0.39, 0.29) is 29.8 Å². The second-order valence-corrected chi connectivity index (χ2v) is 6.95. The molecular formula is C16H13Cl3F2N6O. The Labute approximate surface area is 173 Å². The third kappa shape index (κ3) is 4.43. The Morgan fingerprint density at radius 2 is 1.89 bits per heavy atom. The maximum absolute atomic E-state index is 12.8. The number of nitrogens with one attached hydrogen (secondary N) is 1. The summed E-state index contributed by atoms with van der Waals surface area (Å²) < 4.78 is 28.2. The largest absolute Gasteiger partial charge is 0.292 e. The highest BCUT2D eigenvalue weighted by Gasteiger charge is 2.21. The van der Waals surface area contributed by atoms with E-state index in [1.807, 2.05) is 0 Å². The summed E-state index contributed by atoms with van der Waals surface area (Å²) in [6, 6.07) is 5.13. The lowest BCUT2D eigenvalue weighted by Gasteiger charge is -2.06. The maximum Gasteiger partial charge on any atom is 0.283 e. The van der Waals surface area contributed by atoms with E-state index in [4.69, 9.17) is 34.8 Å². The highest BCUT2D eigenvalue weighted by atomic mass is 35.5. The van der Waals surface area contributed by atoms with Crippen molar-refractivity contribution in [3.8, 4) is 0 Å². The van der Waals surface area contributed by atoms with Crippen molar-refractivity contribution in [1.82, 2.24) is 24.5 Å². The molecule has 0 aliphatic heterocycles. The van der Waals surface area contributed by atoms with Crippen molar-refractivity contribution in [3.63, 3.8) is 0 Å². The normalized spacial score (nSPS) is 11.2. The first-order valence-electron chi connectivity index (χ1n) is 7.89. The third-order valence-corrected chi connectivity index (χ3v) is 5.00. The number of hydrogen-bond donors (Lipinski definition) is 1. The Morgan fingerprint density at radius 3 is 2.50 bits per heavy atom. The summed E-state index contributed by atoms with van der Waals surface area (Å²) in [6.45, 7) is 1.44. The lowest BCUT2D eigenvalue weighted by atomic mass is 10.2. The number of nitrogens with zero attached hydrogens (tertiary/aromatic N) is 5. The zero-order valence-corrected chi connectivity index (χ0v) is 16.6. The Kier molecular flexibility index (Phi) is 6.17. The average Bonchev–Trinajstić information content (AvgIpc) is 3.17. The molecule has 0 bridgehead atoms. The number of aromatic nitrogens is 5. The van der Waals surface area contributed by atoms with Gasteiger partial charge in [0.05, 0.1) is 17.3 Å². The average molecular weight is 450 g/mol. The first-order valence-corrected chi connectivity index (χ1v) is 9.02. The van der Waals surface area contributed by atoms with Gasteiger partial charge < -0.3 is 0 Å². The van der Waals surface area contributed by atoms with Crippen molar-refractivity contribution in [3.05, 3.63) is 56.5 Å². The summed E-state index contributed by atoms with van der Waals surface area (Å²) in [5.74, 6) is -0.505. The molecule has 0 fully saturated rings. The molecule has 0 spiro atoms. The van der Waals surface area contributed by atoms with Crippen molar-refractivity contribution >= 4 is 46.7 Å². The zero-order chi connectivity index (χ0) is 20.4. The predicted octanol–water partition coefficient (Wildman–Crippen LogP) is 4.37. The zero-order valence-electron chi connectivity index (χ0n) is 14.3. The fourth-order valence-electron chi connectivity index (χ4n) is 2.41. The van der Waals surface area contributed by atoms with Crippen LogP contribution in [-0.4, -0.2) is 30.5 Å². The second kappa shape index (κ2) is 8.42. The van der Waals surface area contributed by atoms with Crippen LogP contribution in [0.5, 0.6) is 0 Å². The minimum atomic E-state index is -2.83. The predicted molar refractivity (Wildman–Crippen MR) is 101 cm³/mol. The number of halogens is 5. The summed E-state index contributed by atoms with van der Waals surface area (Å²) in [4.78, 5) is 16.2. The molecule has 7 nitrogen and oxygen atoms in total. The van der Waals surface area contributed by atoms with Gasteiger partial charge in [-0.3, -0.25) is 14.8 Å². The number of alkyl halides is 2. The summed E-state index contributed by atoms with van der Waals surface area (Å²) in [5.41, 5.74) is 0.361. The molecular weight excluding hydrogens is 437 g/mol. The Hall–Kier alpha value is -2.23. The monoisotopic (exact) mass is 448 g/mol. The number of carbonyl (C=O) groups excluding carboxylic acids is 1. The van der Waals surface area contributed by atoms with Gasteiger partial charge in [-0.15, -0.1) is 5.10 Å². The van der Waals surface area contributed by atoms with E-state index in [9.17, 15) is 13.6 Å². The molecule has 0 aliphatic carbocycles. The summed E-state index contributed by atoms with van der Waals surface area (Å²) >= 11 is 18.1. The van der Waals surface area contributed by atoms with E-state index >= 15 is 0 Å². The fraction of sp³-hybridized carbons (Fsp3) is 0.250. The molecule has 0 unspecified atom stereocenters. The minimum absolute atomic E-state index is 0.0400. The van der Waals surface area contributed by atoms with Gasteiger partial charge in [-0.1, -0.05) is 40.9 Å². The quantitative estimate of drug-likeness (QED) is 0.606. The summed E-state index contributed by atoms with van der Waals surface area (Å²) in [5, 5.41) is 11.1. The topological polar surface area (TPSA) is 77.6 Å². The number of anilines is 1. The van der Waals surface area contributed by atoms with Crippen LogP contribution in [0.3, 0.4) is 0 Å². The van der Waals surface area contributed by atoms with Gasteiger partial charge in [-0.25, -0.2) is 18.4 Å². The van der Waals surface area contributed by atoms with Crippen LogP contribution in [0.25, 0.3) is 0 Å². The van der Waals surface area contributed by atoms with E-state index in [1.54, 1.807) is 18.2 Å². The van der Waals surface area contributed by atoms with E-state index in [0.717, 1.165) is 4.68 Å². The van der Waals surface area contributed by atoms with Crippen LogP contribution in [0.4, 0.5) is 14.7 Å². The van der Waals surface area contributed by atoms with Gasteiger partial charge in [-0.05, 0) is 19.1 Å². The number of carbonyl (C=O) groups is 1. The number of benzene rings is 1. The van der Waals surface area contributed by atoms with Gasteiger partial charge in [0.15, 0.2) is 0 Å². The van der Waals surface area contributed by atoms with E-state index in [0.29, 0.717) is 15.6 Å². The Morgan fingerprint density at radius 1 is 1.21 bits per heavy atom. The molecule has 2 aromatic heterocycles. The lowest BCUT2D eigenvalue weighted by Crippen LogP contribution is -2.21. The van der Waals surface area contributed by atoms with Crippen molar-refractivity contribution < 1.29 is 13.6 Å². The molecule has 1 aromatic carbocycles. The van der Waals surface area contributed by atoms with Crippen molar-refractivity contribution in [2.45, 2.75) is 26.4 Å². The molecule has 2 heterocycles. The van der Waals surface area contributed by atoms with Gasteiger partial charge in [-0.2, -0.15) is 5.10 Å². The molecule has 0 atom stereocenters. The van der Waals surface area contributed by atoms with E-state index < -0.39 is 18.0 Å². The Balaban J connectivity index is 1.67. The smallest absolute Gasteiger partial charge is 0.283 e. The number of rotatable bonds is 6. The van der Waals surface area contributed by atoms with Crippen LogP contribution >= 0.6 is 34.8 Å². The highest BCUT2D eigenvalue weighted by molar-refractivity contribution is 6.36. The van der Waals surface area contributed by atoms with Crippen LogP contribution in [0.2, 0.25) is 15.1 Å². The van der Waals surface area contributed by atoms with E-state index in [1.165, 1.54) is 17.9 Å². The molecule has 12 heteroatoms. The SMILES string of the molecule is Cc1c(Cl)c(C(F)F)nn1CC(=O)Nc1ncn(Cc2c(Cl)cccc2Cl)n1. The minimum Gasteiger partial charge on any atom is -0.292 e. The van der Waals surface area contributed by atoms with Gasteiger partial charge in [0.1, 0.15) is 18.6 Å². The molecule has 148 valence electrons. The molecule has 1 N–H and O–H groups in total. The second-order valence-electron chi connectivity index (χ2n) is 5.76. The van der Waals surface area contributed by atoms with Crippen molar-refractivity contribution in [1.29, 1.82) is 0 Å². The van der Waals surface area contributed by atoms with Crippen LogP contribution in [0.1, 0.15) is 23.4 Å².